The van der Waals surface area contributed by atoms with Gasteiger partial charge in [0.25, 0.3) is 0 Å². The number of methoxy groups -OCH3 is 2. The molecule has 58 valence electrons. The largest absolute Gasteiger partial charge is 1.00 e. The smallest absolute Gasteiger partial charge is 1.00 e. The van der Waals surface area contributed by atoms with Crippen molar-refractivity contribution in [3.05, 3.63) is 0 Å². The molecule has 0 bridgehead atoms. The summed E-state index contributed by atoms with van der Waals surface area (Å²) >= 11 is 0. The van der Waals surface area contributed by atoms with Crippen LogP contribution in [-0.2, 0) is 9.47 Å². The van der Waals surface area contributed by atoms with E-state index >= 15 is 0 Å². The molecule has 4 heteroatoms. The first-order valence-electron chi connectivity index (χ1n) is 3.10. The van der Waals surface area contributed by atoms with Crippen LogP contribution in [-0.4, -0.2) is 40.5 Å². The molecule has 0 heterocycles. The maximum atomic E-state index is 4.82. The zero-order chi connectivity index (χ0) is 6.95. The standard InChI is InChI=1S/C6H15NO2.Na.H/c1-8-5-3-7-4-6-9-2;;/h7H,3-6H2,1-2H3;;/q;+1;-1. The van der Waals surface area contributed by atoms with Crippen LogP contribution < -0.4 is 34.9 Å². The predicted octanol–water partition coefficient (Wildman–Crippen LogP) is -3.01. The summed E-state index contributed by atoms with van der Waals surface area (Å²) in [7, 11) is 3.38. The first-order valence-corrected chi connectivity index (χ1v) is 3.10. The van der Waals surface area contributed by atoms with Gasteiger partial charge < -0.3 is 16.2 Å². The van der Waals surface area contributed by atoms with Crippen LogP contribution in [0.2, 0.25) is 0 Å². The fraction of sp³-hybridized carbons (Fsp3) is 1.00. The van der Waals surface area contributed by atoms with Crippen molar-refractivity contribution in [1.82, 2.24) is 5.32 Å². The molecule has 0 spiro atoms. The average molecular weight is 157 g/mol. The third kappa shape index (κ3) is 11.6. The number of rotatable bonds is 6. The van der Waals surface area contributed by atoms with E-state index in [4.69, 9.17) is 9.47 Å². The molecule has 1 N–H and O–H groups in total. The van der Waals surface area contributed by atoms with Crippen molar-refractivity contribution in [2.75, 3.05) is 40.5 Å². The molecule has 0 aliphatic carbocycles. The van der Waals surface area contributed by atoms with Gasteiger partial charge in [-0.15, -0.1) is 0 Å². The van der Waals surface area contributed by atoms with Crippen molar-refractivity contribution in [3.8, 4) is 0 Å². The molecule has 0 radical (unpaired) electrons. The van der Waals surface area contributed by atoms with Crippen LogP contribution in [0.15, 0.2) is 0 Å². The summed E-state index contributed by atoms with van der Waals surface area (Å²) in [6.45, 7) is 3.34. The molecule has 0 saturated carbocycles. The van der Waals surface area contributed by atoms with Gasteiger partial charge in [0.1, 0.15) is 0 Å². The van der Waals surface area contributed by atoms with Crippen LogP contribution in [0.1, 0.15) is 1.43 Å². The molecular weight excluding hydrogens is 141 g/mol. The predicted molar refractivity (Wildman–Crippen MR) is 37.7 cm³/mol. The molecular formula is C6H16NNaO2. The monoisotopic (exact) mass is 157 g/mol. The van der Waals surface area contributed by atoms with Crippen molar-refractivity contribution in [1.29, 1.82) is 0 Å². The second kappa shape index (κ2) is 12.5. The van der Waals surface area contributed by atoms with Gasteiger partial charge in [0, 0.05) is 27.3 Å². The van der Waals surface area contributed by atoms with E-state index in [0.29, 0.717) is 0 Å². The van der Waals surface area contributed by atoms with E-state index in [1.807, 2.05) is 0 Å². The molecule has 3 nitrogen and oxygen atoms in total. The quantitative estimate of drug-likeness (QED) is 0.329. The number of hydrogen-bond donors (Lipinski definition) is 1. The van der Waals surface area contributed by atoms with E-state index in [9.17, 15) is 0 Å². The summed E-state index contributed by atoms with van der Waals surface area (Å²) < 4.78 is 9.64. The Hall–Kier alpha value is 0.880. The third-order valence-corrected chi connectivity index (χ3v) is 0.966. The number of nitrogens with one attached hydrogen (secondary N) is 1. The summed E-state index contributed by atoms with van der Waals surface area (Å²) in [6.07, 6.45) is 0. The molecule has 0 amide bonds. The first kappa shape index (κ1) is 13.5. The molecule has 0 aromatic carbocycles. The third-order valence-electron chi connectivity index (χ3n) is 0.966. The molecule has 0 aromatic heterocycles. The van der Waals surface area contributed by atoms with Crippen LogP contribution in [0.3, 0.4) is 0 Å². The van der Waals surface area contributed by atoms with Crippen LogP contribution in [0.4, 0.5) is 0 Å². The molecule has 0 saturated heterocycles. The van der Waals surface area contributed by atoms with Crippen LogP contribution in [0.25, 0.3) is 0 Å². The summed E-state index contributed by atoms with van der Waals surface area (Å²) in [5, 5.41) is 3.14. The van der Waals surface area contributed by atoms with Gasteiger partial charge in [-0.25, -0.2) is 0 Å². The van der Waals surface area contributed by atoms with Gasteiger partial charge in [-0.3, -0.25) is 0 Å². The molecule has 0 unspecified atom stereocenters. The molecule has 0 rings (SSSR count). The molecule has 0 aromatic rings. The topological polar surface area (TPSA) is 30.5 Å². The Morgan fingerprint density at radius 2 is 1.50 bits per heavy atom. The summed E-state index contributed by atoms with van der Waals surface area (Å²) in [4.78, 5) is 0. The van der Waals surface area contributed by atoms with Crippen molar-refractivity contribution >= 4 is 0 Å². The van der Waals surface area contributed by atoms with Crippen LogP contribution in [0.5, 0.6) is 0 Å². The van der Waals surface area contributed by atoms with Crippen molar-refractivity contribution in [3.63, 3.8) is 0 Å². The summed E-state index contributed by atoms with van der Waals surface area (Å²) in [5.74, 6) is 0. The van der Waals surface area contributed by atoms with Crippen molar-refractivity contribution < 1.29 is 40.5 Å². The van der Waals surface area contributed by atoms with Gasteiger partial charge in [-0.2, -0.15) is 0 Å². The van der Waals surface area contributed by atoms with Gasteiger partial charge >= 0.3 is 29.6 Å². The Labute approximate surface area is 86.2 Å². The first-order chi connectivity index (χ1) is 4.41. The van der Waals surface area contributed by atoms with E-state index < -0.39 is 0 Å². The summed E-state index contributed by atoms with van der Waals surface area (Å²) in [6, 6.07) is 0. The average Bonchev–Trinajstić information content (AvgIpc) is 1.89. The van der Waals surface area contributed by atoms with Gasteiger partial charge in [0.05, 0.1) is 13.2 Å². The Bertz CT molecular complexity index is 53.8. The molecule has 0 atom stereocenters. The minimum Gasteiger partial charge on any atom is -1.00 e. The van der Waals surface area contributed by atoms with Crippen LogP contribution in [0, 0.1) is 0 Å². The zero-order valence-electron chi connectivity index (χ0n) is 8.14. The minimum atomic E-state index is 0. The van der Waals surface area contributed by atoms with Crippen LogP contribution >= 0.6 is 0 Å². The Balaban J connectivity index is -0.000000320. The van der Waals surface area contributed by atoms with Gasteiger partial charge in [0.15, 0.2) is 0 Å². The fourth-order valence-electron chi connectivity index (χ4n) is 0.473. The Kier molecular flexibility index (Phi) is 16.9. The second-order valence-corrected chi connectivity index (χ2v) is 1.74. The molecule has 0 fully saturated rings. The zero-order valence-corrected chi connectivity index (χ0v) is 9.14. The fourth-order valence-corrected chi connectivity index (χ4v) is 0.473. The van der Waals surface area contributed by atoms with Crippen molar-refractivity contribution in [2.24, 2.45) is 0 Å². The maximum Gasteiger partial charge on any atom is 1.00 e. The van der Waals surface area contributed by atoms with Gasteiger partial charge in [-0.1, -0.05) is 0 Å². The Morgan fingerprint density at radius 3 is 1.80 bits per heavy atom. The molecule has 10 heavy (non-hydrogen) atoms. The maximum absolute atomic E-state index is 4.82. The van der Waals surface area contributed by atoms with Gasteiger partial charge in [-0.05, 0) is 0 Å². The SMILES string of the molecule is COCCNCCOC.[H-].[Na+]. The second-order valence-electron chi connectivity index (χ2n) is 1.74. The minimum absolute atomic E-state index is 0. The number of ether oxygens (including phenoxy) is 2. The summed E-state index contributed by atoms with van der Waals surface area (Å²) in [5.41, 5.74) is 0. The van der Waals surface area contributed by atoms with E-state index in [-0.39, 0.29) is 31.0 Å². The van der Waals surface area contributed by atoms with Gasteiger partial charge in [0.2, 0.25) is 0 Å². The van der Waals surface area contributed by atoms with E-state index in [2.05, 4.69) is 5.32 Å². The molecule has 0 aliphatic rings. The Morgan fingerprint density at radius 1 is 1.10 bits per heavy atom. The number of hydrogen-bond acceptors (Lipinski definition) is 3. The van der Waals surface area contributed by atoms with E-state index in [1.165, 1.54) is 0 Å². The van der Waals surface area contributed by atoms with E-state index in [0.717, 1.165) is 26.3 Å². The normalized spacial score (nSPS) is 9.00. The van der Waals surface area contributed by atoms with Crippen molar-refractivity contribution in [2.45, 2.75) is 0 Å². The molecule has 0 aliphatic heterocycles. The van der Waals surface area contributed by atoms with E-state index in [1.54, 1.807) is 14.2 Å².